The van der Waals surface area contributed by atoms with Crippen LogP contribution in [-0.4, -0.2) is 18.2 Å². The third-order valence-corrected chi connectivity index (χ3v) is 2.81. The Morgan fingerprint density at radius 1 is 1.67 bits per heavy atom. The maximum Gasteiger partial charge on any atom is 0.146 e. The van der Waals surface area contributed by atoms with E-state index in [0.29, 0.717) is 11.5 Å². The molecule has 3 nitrogen and oxygen atoms in total. The van der Waals surface area contributed by atoms with Gasteiger partial charge in [0.2, 0.25) is 0 Å². The molecule has 15 heavy (non-hydrogen) atoms. The Bertz CT molecular complexity index is 326. The molecule has 2 heterocycles. The Morgan fingerprint density at radius 3 is 3.20 bits per heavy atom. The van der Waals surface area contributed by atoms with Crippen LogP contribution in [0.4, 0.5) is 4.39 Å². The second-order valence-electron chi connectivity index (χ2n) is 3.97. The number of aromatic nitrogens is 1. The molecule has 0 amide bonds. The monoisotopic (exact) mass is 210 g/mol. The van der Waals surface area contributed by atoms with Gasteiger partial charge in [0, 0.05) is 31.0 Å². The highest BCUT2D eigenvalue weighted by molar-refractivity contribution is 5.16. The molecule has 1 aliphatic heterocycles. The van der Waals surface area contributed by atoms with E-state index in [1.807, 2.05) is 0 Å². The summed E-state index contributed by atoms with van der Waals surface area (Å²) in [6.45, 7) is 1.55. The predicted octanol–water partition coefficient (Wildman–Crippen LogP) is 1.65. The van der Waals surface area contributed by atoms with E-state index in [2.05, 4.69) is 4.98 Å². The van der Waals surface area contributed by atoms with Crippen LogP contribution in [0.15, 0.2) is 18.5 Å². The molecule has 1 aliphatic rings. The Hall–Kier alpha value is -1.00. The zero-order valence-electron chi connectivity index (χ0n) is 8.53. The van der Waals surface area contributed by atoms with Crippen molar-refractivity contribution in [3.8, 4) is 0 Å². The minimum Gasteiger partial charge on any atom is -0.381 e. The Labute approximate surface area is 88.5 Å². The molecule has 0 radical (unpaired) electrons. The van der Waals surface area contributed by atoms with E-state index in [1.54, 1.807) is 12.3 Å². The summed E-state index contributed by atoms with van der Waals surface area (Å²) in [6, 6.07) is 1.40. The highest BCUT2D eigenvalue weighted by atomic mass is 19.1. The lowest BCUT2D eigenvalue weighted by Crippen LogP contribution is -2.17. The topological polar surface area (TPSA) is 48.1 Å². The number of halogens is 1. The first-order chi connectivity index (χ1) is 7.27. The van der Waals surface area contributed by atoms with Crippen LogP contribution in [0, 0.1) is 11.7 Å². The van der Waals surface area contributed by atoms with E-state index < -0.39 is 0 Å². The number of hydrogen-bond donors (Lipinski definition) is 1. The van der Waals surface area contributed by atoms with Gasteiger partial charge in [-0.2, -0.15) is 0 Å². The third kappa shape index (κ3) is 2.52. The normalized spacial score (nSPS) is 22.9. The molecule has 4 heteroatoms. The maximum absolute atomic E-state index is 13.3. The Kier molecular flexibility index (Phi) is 3.28. The molecule has 0 bridgehead atoms. The van der Waals surface area contributed by atoms with Gasteiger partial charge in [-0.05, 0) is 24.8 Å². The van der Waals surface area contributed by atoms with Crippen molar-refractivity contribution < 1.29 is 9.13 Å². The Balaban J connectivity index is 2.00. The summed E-state index contributed by atoms with van der Waals surface area (Å²) in [5.74, 6) is 0.150. The molecular weight excluding hydrogens is 195 g/mol. The van der Waals surface area contributed by atoms with Crippen LogP contribution in [0.25, 0.3) is 0 Å². The van der Waals surface area contributed by atoms with Crippen LogP contribution in [0.3, 0.4) is 0 Å². The number of hydrogen-bond acceptors (Lipinski definition) is 3. The molecule has 2 rings (SSSR count). The third-order valence-electron chi connectivity index (χ3n) is 2.81. The minimum atomic E-state index is -0.316. The van der Waals surface area contributed by atoms with Crippen molar-refractivity contribution in [3.05, 3.63) is 29.8 Å². The summed E-state index contributed by atoms with van der Waals surface area (Å²) >= 11 is 0. The highest BCUT2D eigenvalue weighted by Gasteiger charge is 2.21. The molecule has 0 aliphatic carbocycles. The van der Waals surface area contributed by atoms with E-state index in [9.17, 15) is 4.39 Å². The summed E-state index contributed by atoms with van der Waals surface area (Å²) in [5.41, 5.74) is 6.51. The maximum atomic E-state index is 13.3. The summed E-state index contributed by atoms with van der Waals surface area (Å²) < 4.78 is 18.6. The van der Waals surface area contributed by atoms with Gasteiger partial charge in [0.15, 0.2) is 0 Å². The van der Waals surface area contributed by atoms with E-state index in [4.69, 9.17) is 10.5 Å². The van der Waals surface area contributed by atoms with Crippen LogP contribution in [0.1, 0.15) is 24.4 Å². The molecule has 2 N–H and O–H groups in total. The fourth-order valence-corrected chi connectivity index (χ4v) is 1.94. The van der Waals surface area contributed by atoms with Gasteiger partial charge in [0.05, 0.1) is 6.20 Å². The number of nitrogens with two attached hydrogens (primary N) is 1. The van der Waals surface area contributed by atoms with Crippen molar-refractivity contribution in [1.29, 1.82) is 0 Å². The summed E-state index contributed by atoms with van der Waals surface area (Å²) in [4.78, 5) is 3.70. The van der Waals surface area contributed by atoms with Gasteiger partial charge >= 0.3 is 0 Å². The summed E-state index contributed by atoms with van der Waals surface area (Å²) in [5, 5.41) is 0. The van der Waals surface area contributed by atoms with E-state index in [-0.39, 0.29) is 11.9 Å². The molecule has 0 saturated carbocycles. The average Bonchev–Trinajstić information content (AvgIpc) is 2.71. The van der Waals surface area contributed by atoms with Crippen molar-refractivity contribution in [2.24, 2.45) is 11.7 Å². The number of pyridine rings is 1. The lowest BCUT2D eigenvalue weighted by molar-refractivity contribution is 0.182. The van der Waals surface area contributed by atoms with Crippen molar-refractivity contribution >= 4 is 0 Å². The molecule has 2 unspecified atom stereocenters. The average molecular weight is 210 g/mol. The first kappa shape index (κ1) is 10.5. The van der Waals surface area contributed by atoms with Gasteiger partial charge in [-0.3, -0.25) is 4.98 Å². The van der Waals surface area contributed by atoms with Crippen molar-refractivity contribution in [2.75, 3.05) is 13.2 Å². The molecule has 82 valence electrons. The van der Waals surface area contributed by atoms with Gasteiger partial charge in [-0.25, -0.2) is 4.39 Å². The smallest absolute Gasteiger partial charge is 0.146 e. The summed E-state index contributed by atoms with van der Waals surface area (Å²) in [7, 11) is 0. The number of nitrogens with zero attached hydrogens (tertiary/aromatic N) is 1. The number of ether oxygens (including phenoxy) is 1. The van der Waals surface area contributed by atoms with Gasteiger partial charge < -0.3 is 10.5 Å². The second-order valence-corrected chi connectivity index (χ2v) is 3.97. The van der Waals surface area contributed by atoms with Crippen LogP contribution < -0.4 is 5.73 Å². The van der Waals surface area contributed by atoms with Crippen LogP contribution in [-0.2, 0) is 4.74 Å². The van der Waals surface area contributed by atoms with Gasteiger partial charge in [0.1, 0.15) is 5.82 Å². The molecule has 1 saturated heterocycles. The van der Waals surface area contributed by atoms with Crippen molar-refractivity contribution in [3.63, 3.8) is 0 Å². The first-order valence-corrected chi connectivity index (χ1v) is 5.20. The van der Waals surface area contributed by atoms with E-state index in [0.717, 1.165) is 26.1 Å². The summed E-state index contributed by atoms with van der Waals surface area (Å²) in [6.07, 6.45) is 4.59. The molecule has 0 spiro atoms. The zero-order valence-corrected chi connectivity index (χ0v) is 8.53. The highest BCUT2D eigenvalue weighted by Crippen LogP contribution is 2.25. The molecule has 1 aromatic rings. The number of rotatable bonds is 3. The Morgan fingerprint density at radius 2 is 2.53 bits per heavy atom. The van der Waals surface area contributed by atoms with Crippen LogP contribution in [0.2, 0.25) is 0 Å². The SMILES string of the molecule is NC(CC1CCOC1)c1ccncc1F. The van der Waals surface area contributed by atoms with Crippen molar-refractivity contribution in [2.45, 2.75) is 18.9 Å². The van der Waals surface area contributed by atoms with E-state index >= 15 is 0 Å². The van der Waals surface area contributed by atoms with Crippen LogP contribution in [0.5, 0.6) is 0 Å². The van der Waals surface area contributed by atoms with Crippen molar-refractivity contribution in [1.82, 2.24) is 4.98 Å². The lowest BCUT2D eigenvalue weighted by Gasteiger charge is -2.15. The molecule has 0 aromatic carbocycles. The molecular formula is C11H15FN2O. The second kappa shape index (κ2) is 4.68. The lowest BCUT2D eigenvalue weighted by atomic mass is 9.95. The van der Waals surface area contributed by atoms with Gasteiger partial charge in [0.25, 0.3) is 0 Å². The van der Waals surface area contributed by atoms with Gasteiger partial charge in [-0.1, -0.05) is 0 Å². The first-order valence-electron chi connectivity index (χ1n) is 5.20. The quantitative estimate of drug-likeness (QED) is 0.825. The predicted molar refractivity (Wildman–Crippen MR) is 54.7 cm³/mol. The molecule has 1 aromatic heterocycles. The van der Waals surface area contributed by atoms with Gasteiger partial charge in [-0.15, -0.1) is 0 Å². The fourth-order valence-electron chi connectivity index (χ4n) is 1.94. The molecule has 2 atom stereocenters. The van der Waals surface area contributed by atoms with Crippen LogP contribution >= 0.6 is 0 Å². The largest absolute Gasteiger partial charge is 0.381 e. The van der Waals surface area contributed by atoms with E-state index in [1.165, 1.54) is 6.20 Å². The minimum absolute atomic E-state index is 0.250. The fraction of sp³-hybridized carbons (Fsp3) is 0.545. The standard InChI is InChI=1S/C11H15FN2O/c12-10-6-14-3-1-9(10)11(13)5-8-2-4-15-7-8/h1,3,6,8,11H,2,4-5,7,13H2. The zero-order chi connectivity index (χ0) is 10.7. The molecule has 1 fully saturated rings.